The first-order chi connectivity index (χ1) is 5.37. The third-order valence-electron chi connectivity index (χ3n) is 2.17. The summed E-state index contributed by atoms with van der Waals surface area (Å²) >= 11 is 0. The fourth-order valence-electron chi connectivity index (χ4n) is 0.904. The highest BCUT2D eigenvalue weighted by molar-refractivity contribution is 6.07. The van der Waals surface area contributed by atoms with Crippen LogP contribution in [0.3, 0.4) is 0 Å². The van der Waals surface area contributed by atoms with E-state index in [1.165, 1.54) is 11.8 Å². The molecule has 4 heteroatoms. The van der Waals surface area contributed by atoms with Crippen LogP contribution in [-0.4, -0.2) is 41.4 Å². The molecule has 1 N–H and O–H groups in total. The molecular formula is C8H15NO3. The van der Waals surface area contributed by atoms with Crippen molar-refractivity contribution in [2.75, 3.05) is 14.1 Å². The average molecular weight is 173 g/mol. The lowest BCUT2D eigenvalue weighted by Gasteiger charge is -2.29. The minimum atomic E-state index is -1.38. The Hall–Kier alpha value is -0.900. The maximum Gasteiger partial charge on any atom is 0.331 e. The fraction of sp³-hybridized carbons (Fsp3) is 0.750. The number of carbonyl (C=O) groups is 2. The summed E-state index contributed by atoms with van der Waals surface area (Å²) in [4.78, 5) is 23.5. The lowest BCUT2D eigenvalue weighted by atomic mass is 9.93. The van der Waals surface area contributed by atoms with Crippen molar-refractivity contribution >= 4 is 11.8 Å². The Morgan fingerprint density at radius 1 is 1.42 bits per heavy atom. The Kier molecular flexibility index (Phi) is 3.39. The lowest BCUT2D eigenvalue weighted by molar-refractivity contribution is -0.154. The number of carbonyl (C=O) groups excluding carboxylic acids is 1. The summed E-state index contributed by atoms with van der Waals surface area (Å²) in [5, 5.41) is 8.84. The van der Waals surface area contributed by atoms with Crippen molar-refractivity contribution in [3.63, 3.8) is 0 Å². The van der Waals surface area contributed by atoms with Crippen LogP contribution in [0, 0.1) is 0 Å². The van der Waals surface area contributed by atoms with E-state index < -0.39 is 11.5 Å². The molecule has 0 saturated heterocycles. The van der Waals surface area contributed by atoms with Gasteiger partial charge in [-0.05, 0) is 21.0 Å². The number of rotatable bonds is 4. The molecule has 12 heavy (non-hydrogen) atoms. The number of ketones is 1. The summed E-state index contributed by atoms with van der Waals surface area (Å²) < 4.78 is 0. The molecule has 0 aliphatic heterocycles. The van der Waals surface area contributed by atoms with E-state index in [0.717, 1.165) is 0 Å². The monoisotopic (exact) mass is 173 g/mol. The van der Waals surface area contributed by atoms with Crippen LogP contribution in [0.5, 0.6) is 0 Å². The highest BCUT2D eigenvalue weighted by Gasteiger charge is 2.41. The standard InChI is InChI=1S/C8H15NO3/c1-5-6(10)8(2,7(11)12)9(3)4/h5H2,1-4H3,(H,11,12). The fourth-order valence-corrected chi connectivity index (χ4v) is 0.904. The van der Waals surface area contributed by atoms with Gasteiger partial charge < -0.3 is 5.11 Å². The van der Waals surface area contributed by atoms with Crippen molar-refractivity contribution in [3.8, 4) is 0 Å². The van der Waals surface area contributed by atoms with Gasteiger partial charge in [0.2, 0.25) is 0 Å². The number of Topliss-reactive ketones (excluding diaryl/α,β-unsaturated/α-hetero) is 1. The number of hydrogen-bond donors (Lipinski definition) is 1. The zero-order chi connectivity index (χ0) is 9.94. The van der Waals surface area contributed by atoms with E-state index in [0.29, 0.717) is 0 Å². The zero-order valence-electron chi connectivity index (χ0n) is 7.92. The Balaban J connectivity index is 4.87. The summed E-state index contributed by atoms with van der Waals surface area (Å²) in [5.74, 6) is -1.38. The van der Waals surface area contributed by atoms with E-state index in [-0.39, 0.29) is 12.2 Å². The quantitative estimate of drug-likeness (QED) is 0.624. The average Bonchev–Trinajstić information content (AvgIpc) is 2.00. The van der Waals surface area contributed by atoms with Crippen molar-refractivity contribution in [3.05, 3.63) is 0 Å². The van der Waals surface area contributed by atoms with Gasteiger partial charge >= 0.3 is 5.97 Å². The Morgan fingerprint density at radius 3 is 1.92 bits per heavy atom. The van der Waals surface area contributed by atoms with Crippen molar-refractivity contribution in [2.45, 2.75) is 25.8 Å². The Labute approximate surface area is 72.2 Å². The van der Waals surface area contributed by atoms with Crippen LogP contribution in [0.2, 0.25) is 0 Å². The van der Waals surface area contributed by atoms with Gasteiger partial charge in [-0.15, -0.1) is 0 Å². The largest absolute Gasteiger partial charge is 0.480 e. The molecule has 0 bridgehead atoms. The van der Waals surface area contributed by atoms with Gasteiger partial charge in [0.25, 0.3) is 0 Å². The summed E-state index contributed by atoms with van der Waals surface area (Å²) in [6.45, 7) is 3.08. The Bertz CT molecular complexity index is 200. The predicted molar refractivity (Wildman–Crippen MR) is 45.0 cm³/mol. The zero-order valence-corrected chi connectivity index (χ0v) is 7.92. The van der Waals surface area contributed by atoms with Crippen LogP contribution in [-0.2, 0) is 9.59 Å². The molecule has 0 heterocycles. The minimum absolute atomic E-state index is 0.237. The first kappa shape index (κ1) is 11.1. The highest BCUT2D eigenvalue weighted by Crippen LogP contribution is 2.14. The molecule has 0 spiro atoms. The van der Waals surface area contributed by atoms with E-state index in [4.69, 9.17) is 5.11 Å². The van der Waals surface area contributed by atoms with Gasteiger partial charge in [-0.25, -0.2) is 4.79 Å². The lowest BCUT2D eigenvalue weighted by Crippen LogP contribution is -2.54. The highest BCUT2D eigenvalue weighted by atomic mass is 16.4. The van der Waals surface area contributed by atoms with Crippen LogP contribution in [0.15, 0.2) is 0 Å². The van der Waals surface area contributed by atoms with E-state index in [1.54, 1.807) is 21.0 Å². The number of carboxylic acids is 1. The van der Waals surface area contributed by atoms with E-state index in [9.17, 15) is 9.59 Å². The molecule has 0 aliphatic carbocycles. The van der Waals surface area contributed by atoms with Crippen LogP contribution < -0.4 is 0 Å². The molecule has 0 radical (unpaired) electrons. The first-order valence-corrected chi connectivity index (χ1v) is 3.81. The first-order valence-electron chi connectivity index (χ1n) is 3.81. The number of hydrogen-bond acceptors (Lipinski definition) is 3. The van der Waals surface area contributed by atoms with Gasteiger partial charge in [-0.2, -0.15) is 0 Å². The van der Waals surface area contributed by atoms with E-state index in [2.05, 4.69) is 0 Å². The van der Waals surface area contributed by atoms with Gasteiger partial charge in [0, 0.05) is 6.42 Å². The third kappa shape index (κ3) is 1.64. The molecule has 1 unspecified atom stereocenters. The number of likely N-dealkylation sites (N-methyl/N-ethyl adjacent to an activating group) is 1. The van der Waals surface area contributed by atoms with Gasteiger partial charge in [0.1, 0.15) is 0 Å². The number of carboxylic acid groups (broad SMARTS) is 1. The van der Waals surface area contributed by atoms with Crippen molar-refractivity contribution in [1.29, 1.82) is 0 Å². The van der Waals surface area contributed by atoms with Crippen molar-refractivity contribution in [1.82, 2.24) is 4.90 Å². The molecule has 0 amide bonds. The maximum absolute atomic E-state index is 11.3. The molecule has 4 nitrogen and oxygen atoms in total. The molecule has 0 fully saturated rings. The van der Waals surface area contributed by atoms with Crippen LogP contribution >= 0.6 is 0 Å². The van der Waals surface area contributed by atoms with Crippen molar-refractivity contribution < 1.29 is 14.7 Å². The molecule has 0 aromatic carbocycles. The molecule has 0 rings (SSSR count). The Morgan fingerprint density at radius 2 is 1.83 bits per heavy atom. The SMILES string of the molecule is CCC(=O)C(C)(C(=O)O)N(C)C. The van der Waals surface area contributed by atoms with Crippen molar-refractivity contribution in [2.24, 2.45) is 0 Å². The second kappa shape index (κ2) is 3.67. The van der Waals surface area contributed by atoms with Gasteiger partial charge in [0.15, 0.2) is 11.3 Å². The minimum Gasteiger partial charge on any atom is -0.480 e. The van der Waals surface area contributed by atoms with Crippen LogP contribution in [0.25, 0.3) is 0 Å². The van der Waals surface area contributed by atoms with Gasteiger partial charge in [-0.1, -0.05) is 6.92 Å². The summed E-state index contributed by atoms with van der Waals surface area (Å²) in [5.41, 5.74) is -1.38. The maximum atomic E-state index is 11.3. The van der Waals surface area contributed by atoms with Gasteiger partial charge in [-0.3, -0.25) is 9.69 Å². The number of aliphatic carboxylic acids is 1. The second-order valence-electron chi connectivity index (χ2n) is 3.05. The molecule has 0 saturated carbocycles. The normalized spacial score (nSPS) is 15.8. The number of nitrogens with zero attached hydrogens (tertiary/aromatic N) is 1. The van der Waals surface area contributed by atoms with E-state index in [1.807, 2.05) is 0 Å². The summed E-state index contributed by atoms with van der Waals surface area (Å²) in [7, 11) is 3.17. The molecule has 0 aromatic heterocycles. The molecule has 70 valence electrons. The summed E-state index contributed by atoms with van der Waals surface area (Å²) in [6.07, 6.45) is 0.237. The second-order valence-corrected chi connectivity index (χ2v) is 3.05. The topological polar surface area (TPSA) is 57.6 Å². The third-order valence-corrected chi connectivity index (χ3v) is 2.17. The van der Waals surface area contributed by atoms with Gasteiger partial charge in [0.05, 0.1) is 0 Å². The molecule has 0 aliphatic rings. The van der Waals surface area contributed by atoms with Crippen LogP contribution in [0.4, 0.5) is 0 Å². The van der Waals surface area contributed by atoms with Crippen LogP contribution in [0.1, 0.15) is 20.3 Å². The molecule has 1 atom stereocenters. The predicted octanol–water partition coefficient (Wildman–Crippen LogP) is 0.370. The molecule has 0 aromatic rings. The smallest absolute Gasteiger partial charge is 0.331 e. The van der Waals surface area contributed by atoms with E-state index >= 15 is 0 Å². The molecular weight excluding hydrogens is 158 g/mol. The summed E-state index contributed by atoms with van der Waals surface area (Å²) in [6, 6.07) is 0.